The molecule has 2 aromatic carbocycles. The molecule has 1 aliphatic heterocycles. The number of para-hydroxylation sites is 1. The lowest BCUT2D eigenvalue weighted by Crippen LogP contribution is -2.49. The Hall–Kier alpha value is -3.61. The normalized spacial score (nSPS) is 13.8. The van der Waals surface area contributed by atoms with Crippen LogP contribution in [0.25, 0.3) is 0 Å². The maximum absolute atomic E-state index is 12.9. The van der Waals surface area contributed by atoms with Gasteiger partial charge in [0.15, 0.2) is 5.82 Å². The monoisotopic (exact) mass is 403 g/mol. The summed E-state index contributed by atoms with van der Waals surface area (Å²) in [6.07, 6.45) is 1.74. The Morgan fingerprint density at radius 1 is 0.933 bits per heavy atom. The van der Waals surface area contributed by atoms with Crippen LogP contribution >= 0.6 is 0 Å². The Balaban J connectivity index is 1.35. The minimum Gasteiger partial charge on any atom is -0.457 e. The van der Waals surface area contributed by atoms with Gasteiger partial charge >= 0.3 is 0 Å². The fourth-order valence-electron chi connectivity index (χ4n) is 3.36. The molecule has 154 valence electrons. The highest BCUT2D eigenvalue weighted by Crippen LogP contribution is 2.22. The molecule has 0 saturated carbocycles. The van der Waals surface area contributed by atoms with Crippen molar-refractivity contribution in [2.24, 2.45) is 0 Å². The Morgan fingerprint density at radius 2 is 1.60 bits per heavy atom. The van der Waals surface area contributed by atoms with E-state index in [4.69, 9.17) is 4.74 Å². The number of hydrogen-bond donors (Lipinski definition) is 0. The van der Waals surface area contributed by atoms with Gasteiger partial charge in [0, 0.05) is 51.9 Å². The van der Waals surface area contributed by atoms with Crippen molar-refractivity contribution in [3.05, 3.63) is 72.4 Å². The number of benzene rings is 2. The van der Waals surface area contributed by atoms with Gasteiger partial charge in [-0.3, -0.25) is 4.79 Å². The van der Waals surface area contributed by atoms with E-state index in [0.717, 1.165) is 30.3 Å². The number of rotatable bonds is 5. The summed E-state index contributed by atoms with van der Waals surface area (Å²) < 4.78 is 5.80. The number of hydrogen-bond acceptors (Lipinski definition) is 6. The maximum atomic E-state index is 12.9. The number of nitrogens with zero attached hydrogens (tertiary/aromatic N) is 5. The predicted molar refractivity (Wildman–Crippen MR) is 117 cm³/mol. The van der Waals surface area contributed by atoms with E-state index in [-0.39, 0.29) is 5.91 Å². The van der Waals surface area contributed by atoms with Gasteiger partial charge in [-0.05, 0) is 36.4 Å². The third-order valence-electron chi connectivity index (χ3n) is 5.11. The van der Waals surface area contributed by atoms with Crippen molar-refractivity contribution in [1.29, 1.82) is 0 Å². The Morgan fingerprint density at radius 3 is 2.27 bits per heavy atom. The summed E-state index contributed by atoms with van der Waals surface area (Å²) in [5.74, 6) is 2.36. The van der Waals surface area contributed by atoms with Crippen LogP contribution in [0.5, 0.6) is 11.5 Å². The molecule has 0 N–H and O–H groups in total. The van der Waals surface area contributed by atoms with Crippen LogP contribution in [0.3, 0.4) is 0 Å². The minimum absolute atomic E-state index is 0.0361. The zero-order valence-corrected chi connectivity index (χ0v) is 17.2. The van der Waals surface area contributed by atoms with Crippen molar-refractivity contribution < 1.29 is 9.53 Å². The molecule has 7 nitrogen and oxygen atoms in total. The molecule has 1 fully saturated rings. The van der Waals surface area contributed by atoms with Crippen LogP contribution in [0.4, 0.5) is 11.5 Å². The van der Waals surface area contributed by atoms with Gasteiger partial charge in [0.2, 0.25) is 0 Å². The van der Waals surface area contributed by atoms with E-state index >= 15 is 0 Å². The first-order valence-electron chi connectivity index (χ1n) is 9.97. The lowest BCUT2D eigenvalue weighted by Gasteiger charge is -2.35. The van der Waals surface area contributed by atoms with Crippen molar-refractivity contribution in [3.63, 3.8) is 0 Å². The molecule has 1 saturated heterocycles. The van der Waals surface area contributed by atoms with Gasteiger partial charge < -0.3 is 19.4 Å². The van der Waals surface area contributed by atoms with E-state index in [0.29, 0.717) is 24.4 Å². The number of anilines is 2. The van der Waals surface area contributed by atoms with Gasteiger partial charge in [-0.1, -0.05) is 18.2 Å². The fourth-order valence-corrected chi connectivity index (χ4v) is 3.36. The van der Waals surface area contributed by atoms with Crippen molar-refractivity contribution in [2.45, 2.75) is 0 Å². The van der Waals surface area contributed by atoms with Crippen molar-refractivity contribution in [1.82, 2.24) is 15.1 Å². The summed E-state index contributed by atoms with van der Waals surface area (Å²) in [5.41, 5.74) is 1.68. The molecule has 0 radical (unpaired) electrons. The molecule has 0 spiro atoms. The van der Waals surface area contributed by atoms with Crippen LogP contribution in [0.1, 0.15) is 10.4 Å². The molecule has 4 rings (SSSR count). The van der Waals surface area contributed by atoms with Crippen LogP contribution in [-0.4, -0.2) is 61.3 Å². The molecule has 0 aliphatic carbocycles. The zero-order chi connectivity index (χ0) is 20.9. The number of ether oxygens (including phenoxy) is 1. The molecule has 0 atom stereocenters. The molecule has 1 amide bonds. The molecule has 3 aromatic rings. The Labute approximate surface area is 176 Å². The average molecular weight is 403 g/mol. The number of carbonyl (C=O) groups is 1. The summed E-state index contributed by atoms with van der Waals surface area (Å²) in [6, 6.07) is 18.9. The molecule has 2 heterocycles. The van der Waals surface area contributed by atoms with Crippen LogP contribution < -0.4 is 14.5 Å². The second kappa shape index (κ2) is 8.82. The molecule has 30 heavy (non-hydrogen) atoms. The molecule has 1 aliphatic rings. The predicted octanol–water partition coefficient (Wildman–Crippen LogP) is 3.30. The summed E-state index contributed by atoms with van der Waals surface area (Å²) >= 11 is 0. The van der Waals surface area contributed by atoms with Gasteiger partial charge in [-0.25, -0.2) is 0 Å². The largest absolute Gasteiger partial charge is 0.457 e. The number of aromatic nitrogens is 2. The summed E-state index contributed by atoms with van der Waals surface area (Å²) in [5, 5.41) is 8.34. The van der Waals surface area contributed by atoms with E-state index in [1.807, 2.05) is 84.6 Å². The van der Waals surface area contributed by atoms with E-state index in [1.165, 1.54) is 0 Å². The van der Waals surface area contributed by atoms with Crippen LogP contribution in [0.15, 0.2) is 66.9 Å². The van der Waals surface area contributed by atoms with Gasteiger partial charge in [-0.15, -0.1) is 5.10 Å². The van der Waals surface area contributed by atoms with Gasteiger partial charge in [0.05, 0.1) is 11.9 Å². The summed E-state index contributed by atoms with van der Waals surface area (Å²) in [6.45, 7) is 2.75. The third kappa shape index (κ3) is 4.51. The standard InChI is InChI=1S/C23H25N5O2/c1-26(2)19-16-22(25-24-17-19)27-12-14-28(15-13-27)23(29)18-8-10-21(11-9-18)30-20-6-4-3-5-7-20/h3-11,16-17H,12-15H2,1-2H3. The zero-order valence-electron chi connectivity index (χ0n) is 17.2. The Bertz CT molecular complexity index is 984. The molecular formula is C23H25N5O2. The number of carbonyl (C=O) groups excluding carboxylic acids is 1. The summed E-state index contributed by atoms with van der Waals surface area (Å²) in [4.78, 5) is 18.9. The van der Waals surface area contributed by atoms with E-state index < -0.39 is 0 Å². The first kappa shape index (κ1) is 19.7. The molecule has 0 unspecified atom stereocenters. The van der Waals surface area contributed by atoms with Crippen molar-refractivity contribution in [2.75, 3.05) is 50.1 Å². The average Bonchev–Trinajstić information content (AvgIpc) is 2.80. The van der Waals surface area contributed by atoms with Gasteiger partial charge in [-0.2, -0.15) is 5.10 Å². The first-order valence-corrected chi connectivity index (χ1v) is 9.97. The highest BCUT2D eigenvalue weighted by Gasteiger charge is 2.23. The lowest BCUT2D eigenvalue weighted by atomic mass is 10.1. The molecule has 7 heteroatoms. The maximum Gasteiger partial charge on any atom is 0.253 e. The van der Waals surface area contributed by atoms with E-state index in [1.54, 1.807) is 6.20 Å². The molecule has 0 bridgehead atoms. The topological polar surface area (TPSA) is 61.8 Å². The second-order valence-corrected chi connectivity index (χ2v) is 7.39. The minimum atomic E-state index is 0.0361. The molecule has 1 aromatic heterocycles. The number of piperazine rings is 1. The quantitative estimate of drug-likeness (QED) is 0.651. The van der Waals surface area contributed by atoms with Crippen molar-refractivity contribution >= 4 is 17.4 Å². The highest BCUT2D eigenvalue weighted by atomic mass is 16.5. The fraction of sp³-hybridized carbons (Fsp3) is 0.261. The van der Waals surface area contributed by atoms with E-state index in [9.17, 15) is 4.79 Å². The van der Waals surface area contributed by atoms with Gasteiger partial charge in [0.1, 0.15) is 11.5 Å². The first-order chi connectivity index (χ1) is 14.6. The third-order valence-corrected chi connectivity index (χ3v) is 5.11. The second-order valence-electron chi connectivity index (χ2n) is 7.39. The SMILES string of the molecule is CN(C)c1cnnc(N2CCN(C(=O)c3ccc(Oc4ccccc4)cc3)CC2)c1. The van der Waals surface area contributed by atoms with Crippen LogP contribution in [0, 0.1) is 0 Å². The van der Waals surface area contributed by atoms with Crippen molar-refractivity contribution in [3.8, 4) is 11.5 Å². The van der Waals surface area contributed by atoms with E-state index in [2.05, 4.69) is 15.1 Å². The number of amides is 1. The lowest BCUT2D eigenvalue weighted by molar-refractivity contribution is 0.0746. The summed E-state index contributed by atoms with van der Waals surface area (Å²) in [7, 11) is 3.96. The smallest absolute Gasteiger partial charge is 0.253 e. The van der Waals surface area contributed by atoms with Crippen LogP contribution in [-0.2, 0) is 0 Å². The van der Waals surface area contributed by atoms with Gasteiger partial charge in [0.25, 0.3) is 5.91 Å². The highest BCUT2D eigenvalue weighted by molar-refractivity contribution is 5.94. The van der Waals surface area contributed by atoms with Crippen LogP contribution in [0.2, 0.25) is 0 Å². The Kier molecular flexibility index (Phi) is 5.79. The molecular weight excluding hydrogens is 378 g/mol.